The Hall–Kier alpha value is -1.75. The van der Waals surface area contributed by atoms with Gasteiger partial charge in [0.25, 0.3) is 5.91 Å². The first-order valence-electron chi connectivity index (χ1n) is 7.62. The summed E-state index contributed by atoms with van der Waals surface area (Å²) in [5.74, 6) is 0.687. The highest BCUT2D eigenvalue weighted by Crippen LogP contribution is 2.33. The van der Waals surface area contributed by atoms with Crippen molar-refractivity contribution in [3.8, 4) is 5.75 Å². The number of likely N-dealkylation sites (N-methyl/N-ethyl adjacent to an activating group) is 1. The molecule has 21 heavy (non-hydrogen) atoms. The van der Waals surface area contributed by atoms with Gasteiger partial charge in [0.05, 0.1) is 18.3 Å². The first-order chi connectivity index (χ1) is 10.3. The Balaban J connectivity index is 1.78. The van der Waals surface area contributed by atoms with E-state index in [9.17, 15) is 4.79 Å². The lowest BCUT2D eigenvalue weighted by atomic mass is 10.1. The Kier molecular flexibility index (Phi) is 4.29. The molecule has 0 saturated carbocycles. The van der Waals surface area contributed by atoms with Crippen molar-refractivity contribution in [3.63, 3.8) is 0 Å². The van der Waals surface area contributed by atoms with Crippen LogP contribution in [-0.4, -0.2) is 44.9 Å². The highest BCUT2D eigenvalue weighted by Gasteiger charge is 2.31. The maximum Gasteiger partial charge on any atom is 0.262 e. The maximum atomic E-state index is 11.9. The fourth-order valence-corrected chi connectivity index (χ4v) is 2.97. The van der Waals surface area contributed by atoms with E-state index in [1.807, 2.05) is 24.3 Å². The van der Waals surface area contributed by atoms with E-state index in [0.717, 1.165) is 37.4 Å². The number of hydrogen-bond acceptors (Lipinski definition) is 4. The molecule has 1 aromatic rings. The second kappa shape index (κ2) is 6.35. The van der Waals surface area contributed by atoms with Gasteiger partial charge in [-0.05, 0) is 31.4 Å². The quantitative estimate of drug-likeness (QED) is 0.918. The lowest BCUT2D eigenvalue weighted by Crippen LogP contribution is -2.50. The number of nitrogens with one attached hydrogen (secondary N) is 1. The maximum absolute atomic E-state index is 11.9. The first-order valence-corrected chi connectivity index (χ1v) is 7.62. The molecule has 0 radical (unpaired) electrons. The van der Waals surface area contributed by atoms with Crippen molar-refractivity contribution in [2.75, 3.05) is 31.6 Å². The molecule has 0 aliphatic carbocycles. The number of carbonyl (C=O) groups is 1. The standard InChI is InChI=1S/C16H22N2O3/c1-17-16(19)15-11-18(10-12-6-4-5-9-20-12)13-7-2-3-8-14(13)21-15/h2-3,7-8,12,15H,4-6,9-11H2,1H3,(H,17,19)/t12-,15+/m0/s1. The number of nitrogens with zero attached hydrogens (tertiary/aromatic N) is 1. The van der Waals surface area contributed by atoms with E-state index in [0.29, 0.717) is 6.54 Å². The molecule has 3 rings (SSSR count). The average molecular weight is 290 g/mol. The third-order valence-corrected chi connectivity index (χ3v) is 4.10. The number of anilines is 1. The Labute approximate surface area is 125 Å². The summed E-state index contributed by atoms with van der Waals surface area (Å²) < 4.78 is 11.6. The van der Waals surface area contributed by atoms with Crippen LogP contribution in [0.3, 0.4) is 0 Å². The summed E-state index contributed by atoms with van der Waals surface area (Å²) in [5, 5.41) is 2.67. The van der Waals surface area contributed by atoms with E-state index in [1.54, 1.807) is 7.05 Å². The topological polar surface area (TPSA) is 50.8 Å². The molecule has 1 saturated heterocycles. The average Bonchev–Trinajstić information content (AvgIpc) is 2.55. The Morgan fingerprint density at radius 3 is 3.00 bits per heavy atom. The van der Waals surface area contributed by atoms with E-state index >= 15 is 0 Å². The summed E-state index contributed by atoms with van der Waals surface area (Å²) in [7, 11) is 1.64. The molecule has 1 fully saturated rings. The Morgan fingerprint density at radius 1 is 1.38 bits per heavy atom. The highest BCUT2D eigenvalue weighted by atomic mass is 16.5. The van der Waals surface area contributed by atoms with Crippen LogP contribution in [-0.2, 0) is 9.53 Å². The van der Waals surface area contributed by atoms with Gasteiger partial charge in [0.15, 0.2) is 6.10 Å². The van der Waals surface area contributed by atoms with Crippen molar-refractivity contribution in [1.82, 2.24) is 5.32 Å². The molecular formula is C16H22N2O3. The van der Waals surface area contributed by atoms with Gasteiger partial charge in [-0.2, -0.15) is 0 Å². The van der Waals surface area contributed by atoms with Gasteiger partial charge in [-0.3, -0.25) is 4.79 Å². The summed E-state index contributed by atoms with van der Waals surface area (Å²) in [6.07, 6.45) is 3.24. The zero-order valence-electron chi connectivity index (χ0n) is 12.4. The van der Waals surface area contributed by atoms with Crippen LogP contribution >= 0.6 is 0 Å². The molecule has 0 unspecified atom stereocenters. The van der Waals surface area contributed by atoms with Crippen LogP contribution in [0.25, 0.3) is 0 Å². The van der Waals surface area contributed by atoms with Crippen molar-refractivity contribution in [1.29, 1.82) is 0 Å². The molecule has 2 aliphatic heterocycles. The van der Waals surface area contributed by atoms with Gasteiger partial charge in [-0.25, -0.2) is 0 Å². The van der Waals surface area contributed by atoms with E-state index < -0.39 is 6.10 Å². The molecule has 5 heteroatoms. The predicted molar refractivity (Wildman–Crippen MR) is 80.7 cm³/mol. The van der Waals surface area contributed by atoms with E-state index in [4.69, 9.17) is 9.47 Å². The van der Waals surface area contributed by atoms with Gasteiger partial charge >= 0.3 is 0 Å². The van der Waals surface area contributed by atoms with Crippen LogP contribution in [0.4, 0.5) is 5.69 Å². The first kappa shape index (κ1) is 14.2. The fraction of sp³-hybridized carbons (Fsp3) is 0.562. The summed E-state index contributed by atoms with van der Waals surface area (Å²) in [5.41, 5.74) is 1.05. The monoisotopic (exact) mass is 290 g/mol. The van der Waals surface area contributed by atoms with Crippen LogP contribution < -0.4 is 15.0 Å². The molecule has 0 bridgehead atoms. The van der Waals surface area contributed by atoms with Gasteiger partial charge in [-0.1, -0.05) is 12.1 Å². The minimum Gasteiger partial charge on any atom is -0.477 e. The third-order valence-electron chi connectivity index (χ3n) is 4.10. The lowest BCUT2D eigenvalue weighted by molar-refractivity contribution is -0.127. The zero-order chi connectivity index (χ0) is 14.7. The molecule has 1 aromatic carbocycles. The fourth-order valence-electron chi connectivity index (χ4n) is 2.97. The van der Waals surface area contributed by atoms with Crippen molar-refractivity contribution >= 4 is 11.6 Å². The number of benzene rings is 1. The number of carbonyl (C=O) groups excluding carboxylic acids is 1. The molecule has 2 atom stereocenters. The molecule has 0 aromatic heterocycles. The molecule has 0 spiro atoms. The van der Waals surface area contributed by atoms with Crippen LogP contribution in [0.15, 0.2) is 24.3 Å². The summed E-state index contributed by atoms with van der Waals surface area (Å²) >= 11 is 0. The van der Waals surface area contributed by atoms with Crippen LogP contribution in [0.1, 0.15) is 19.3 Å². The van der Waals surface area contributed by atoms with Gasteiger partial charge in [0.2, 0.25) is 0 Å². The summed E-state index contributed by atoms with van der Waals surface area (Å²) in [4.78, 5) is 14.1. The van der Waals surface area contributed by atoms with E-state index in [-0.39, 0.29) is 12.0 Å². The summed E-state index contributed by atoms with van der Waals surface area (Å²) in [6, 6.07) is 7.88. The molecule has 1 amide bonds. The molecule has 1 N–H and O–H groups in total. The van der Waals surface area contributed by atoms with Crippen molar-refractivity contribution in [3.05, 3.63) is 24.3 Å². The second-order valence-corrected chi connectivity index (χ2v) is 5.58. The minimum absolute atomic E-state index is 0.0842. The minimum atomic E-state index is -0.464. The van der Waals surface area contributed by atoms with Crippen molar-refractivity contribution in [2.45, 2.75) is 31.5 Å². The number of fused-ring (bicyclic) bond motifs is 1. The second-order valence-electron chi connectivity index (χ2n) is 5.58. The number of hydrogen-bond donors (Lipinski definition) is 1. The lowest BCUT2D eigenvalue weighted by Gasteiger charge is -2.38. The van der Waals surface area contributed by atoms with Crippen LogP contribution in [0, 0.1) is 0 Å². The number of rotatable bonds is 3. The third kappa shape index (κ3) is 3.13. The normalized spacial score (nSPS) is 24.9. The predicted octanol–water partition coefficient (Wildman–Crippen LogP) is 1.57. The van der Waals surface area contributed by atoms with Gasteiger partial charge in [0.1, 0.15) is 5.75 Å². The molecule has 2 aliphatic rings. The molecular weight excluding hydrogens is 268 g/mol. The number of amides is 1. The molecule has 5 nitrogen and oxygen atoms in total. The SMILES string of the molecule is CNC(=O)[C@H]1CN(C[C@@H]2CCCCO2)c2ccccc2O1. The van der Waals surface area contributed by atoms with Crippen molar-refractivity contribution in [2.24, 2.45) is 0 Å². The molecule has 114 valence electrons. The Bertz CT molecular complexity index is 500. The summed E-state index contributed by atoms with van der Waals surface area (Å²) in [6.45, 7) is 2.22. The van der Waals surface area contributed by atoms with Crippen LogP contribution in [0.5, 0.6) is 5.75 Å². The molecule has 2 heterocycles. The van der Waals surface area contributed by atoms with Crippen LogP contribution in [0.2, 0.25) is 0 Å². The number of para-hydroxylation sites is 2. The Morgan fingerprint density at radius 2 is 2.24 bits per heavy atom. The number of ether oxygens (including phenoxy) is 2. The largest absolute Gasteiger partial charge is 0.477 e. The van der Waals surface area contributed by atoms with E-state index in [2.05, 4.69) is 10.2 Å². The highest BCUT2D eigenvalue weighted by molar-refractivity contribution is 5.83. The van der Waals surface area contributed by atoms with Gasteiger partial charge in [0, 0.05) is 20.2 Å². The van der Waals surface area contributed by atoms with Crippen molar-refractivity contribution < 1.29 is 14.3 Å². The van der Waals surface area contributed by atoms with E-state index in [1.165, 1.54) is 6.42 Å². The smallest absolute Gasteiger partial charge is 0.262 e. The van der Waals surface area contributed by atoms with Gasteiger partial charge < -0.3 is 19.7 Å². The van der Waals surface area contributed by atoms with Gasteiger partial charge in [-0.15, -0.1) is 0 Å². The zero-order valence-corrected chi connectivity index (χ0v) is 12.4.